The summed E-state index contributed by atoms with van der Waals surface area (Å²) in [6, 6.07) is 7.58. The Morgan fingerprint density at radius 3 is 2.72 bits per heavy atom. The Kier molecular flexibility index (Phi) is 3.67. The average Bonchev–Trinajstić information content (AvgIpc) is 2.76. The van der Waals surface area contributed by atoms with E-state index in [0.29, 0.717) is 0 Å². The number of benzene rings is 1. The van der Waals surface area contributed by atoms with Gasteiger partial charge in [-0.05, 0) is 48.1 Å². The fourth-order valence-corrected chi connectivity index (χ4v) is 2.61. The molecule has 2 rings (SSSR count). The van der Waals surface area contributed by atoms with Crippen LogP contribution in [0.5, 0.6) is 0 Å². The number of anilines is 2. The zero-order chi connectivity index (χ0) is 13.1. The predicted octanol–water partition coefficient (Wildman–Crippen LogP) is 3.45. The first kappa shape index (κ1) is 12.6. The molecule has 1 amide bonds. The molecule has 3 nitrogen and oxygen atoms in total. The van der Waals surface area contributed by atoms with Gasteiger partial charge in [-0.3, -0.25) is 4.79 Å². The van der Waals surface area contributed by atoms with Gasteiger partial charge in [-0.25, -0.2) is 0 Å². The van der Waals surface area contributed by atoms with Gasteiger partial charge in [-0.2, -0.15) is 0 Å². The first-order chi connectivity index (χ1) is 8.61. The third kappa shape index (κ3) is 2.54. The second-order valence-electron chi connectivity index (χ2n) is 4.15. The van der Waals surface area contributed by atoms with E-state index < -0.39 is 0 Å². The van der Waals surface area contributed by atoms with Crippen LogP contribution >= 0.6 is 11.3 Å². The Morgan fingerprint density at radius 2 is 2.17 bits per heavy atom. The van der Waals surface area contributed by atoms with Crippen LogP contribution in [0.1, 0.15) is 27.7 Å². The van der Waals surface area contributed by atoms with Gasteiger partial charge < -0.3 is 11.1 Å². The molecule has 4 heteroatoms. The largest absolute Gasteiger partial charge is 0.398 e. The van der Waals surface area contributed by atoms with Gasteiger partial charge in [0.15, 0.2) is 0 Å². The molecule has 18 heavy (non-hydrogen) atoms. The minimum absolute atomic E-state index is 0.0776. The molecule has 0 bridgehead atoms. The fourth-order valence-electron chi connectivity index (χ4n) is 1.79. The lowest BCUT2D eigenvalue weighted by atomic mass is 10.1. The molecule has 0 aliphatic rings. The molecule has 1 heterocycles. The number of rotatable bonds is 3. The molecule has 2 aromatic rings. The molecular formula is C14H16N2OS. The molecule has 0 unspecified atom stereocenters. The monoisotopic (exact) mass is 260 g/mol. The van der Waals surface area contributed by atoms with E-state index in [9.17, 15) is 4.79 Å². The van der Waals surface area contributed by atoms with Crippen molar-refractivity contribution in [3.05, 3.63) is 45.6 Å². The molecule has 94 valence electrons. The van der Waals surface area contributed by atoms with Crippen LogP contribution in [0, 0.1) is 6.92 Å². The Morgan fingerprint density at radius 1 is 1.39 bits per heavy atom. The van der Waals surface area contributed by atoms with Crippen molar-refractivity contribution in [1.29, 1.82) is 0 Å². The van der Waals surface area contributed by atoms with Crippen molar-refractivity contribution < 1.29 is 4.79 Å². The maximum atomic E-state index is 12.0. The van der Waals surface area contributed by atoms with Crippen molar-refractivity contribution in [2.45, 2.75) is 20.3 Å². The van der Waals surface area contributed by atoms with E-state index in [1.807, 2.05) is 30.5 Å². The lowest BCUT2D eigenvalue weighted by Crippen LogP contribution is -2.11. The van der Waals surface area contributed by atoms with Gasteiger partial charge in [0.2, 0.25) is 0 Å². The van der Waals surface area contributed by atoms with E-state index in [4.69, 9.17) is 5.73 Å². The Hall–Kier alpha value is -1.81. The van der Waals surface area contributed by atoms with E-state index in [-0.39, 0.29) is 5.91 Å². The lowest BCUT2D eigenvalue weighted by molar-refractivity contribution is 0.103. The van der Waals surface area contributed by atoms with Crippen LogP contribution in [0.2, 0.25) is 0 Å². The second kappa shape index (κ2) is 5.23. The van der Waals surface area contributed by atoms with Crippen LogP contribution in [0.25, 0.3) is 0 Å². The molecule has 0 atom stereocenters. The summed E-state index contributed by atoms with van der Waals surface area (Å²) in [6.07, 6.45) is 0.893. The number of nitrogens with two attached hydrogens (primary N) is 1. The molecule has 0 aliphatic carbocycles. The fraction of sp³-hybridized carbons (Fsp3) is 0.214. The molecular weight excluding hydrogens is 244 g/mol. The molecule has 0 aliphatic heterocycles. The van der Waals surface area contributed by atoms with Gasteiger partial charge in [0.1, 0.15) is 0 Å². The third-order valence-corrected chi connectivity index (χ3v) is 3.87. The average molecular weight is 260 g/mol. The zero-order valence-corrected chi connectivity index (χ0v) is 11.3. The van der Waals surface area contributed by atoms with E-state index >= 15 is 0 Å². The quantitative estimate of drug-likeness (QED) is 0.830. The van der Waals surface area contributed by atoms with Crippen molar-refractivity contribution in [3.8, 4) is 0 Å². The van der Waals surface area contributed by atoms with Gasteiger partial charge in [-0.15, -0.1) is 11.3 Å². The van der Waals surface area contributed by atoms with Crippen molar-refractivity contribution >= 4 is 28.6 Å². The number of nitrogens with one attached hydrogen (secondary N) is 1. The van der Waals surface area contributed by atoms with Crippen LogP contribution in [-0.2, 0) is 6.42 Å². The van der Waals surface area contributed by atoms with Crippen molar-refractivity contribution in [2.75, 3.05) is 11.1 Å². The summed E-state index contributed by atoms with van der Waals surface area (Å²) in [5.41, 5.74) is 9.46. The van der Waals surface area contributed by atoms with Gasteiger partial charge in [0.05, 0.1) is 4.88 Å². The van der Waals surface area contributed by atoms with Crippen molar-refractivity contribution in [2.24, 2.45) is 0 Å². The number of nitrogen functional groups attached to an aromatic ring is 1. The third-order valence-electron chi connectivity index (χ3n) is 2.85. The molecule has 1 aromatic carbocycles. The summed E-state index contributed by atoms with van der Waals surface area (Å²) >= 11 is 1.45. The highest BCUT2D eigenvalue weighted by Gasteiger charge is 2.10. The maximum absolute atomic E-state index is 12.0. The second-order valence-corrected chi connectivity index (χ2v) is 5.07. The van der Waals surface area contributed by atoms with E-state index in [2.05, 4.69) is 12.2 Å². The zero-order valence-electron chi connectivity index (χ0n) is 10.5. The highest BCUT2D eigenvalue weighted by molar-refractivity contribution is 7.12. The highest BCUT2D eigenvalue weighted by atomic mass is 32.1. The molecule has 0 saturated carbocycles. The van der Waals surface area contributed by atoms with E-state index in [0.717, 1.165) is 33.8 Å². The van der Waals surface area contributed by atoms with Gasteiger partial charge in [0, 0.05) is 11.4 Å². The number of amides is 1. The summed E-state index contributed by atoms with van der Waals surface area (Å²) in [5.74, 6) is -0.0776. The summed E-state index contributed by atoms with van der Waals surface area (Å²) in [4.78, 5) is 12.8. The van der Waals surface area contributed by atoms with E-state index in [1.165, 1.54) is 11.3 Å². The maximum Gasteiger partial charge on any atom is 0.265 e. The molecule has 0 spiro atoms. The predicted molar refractivity (Wildman–Crippen MR) is 77.2 cm³/mol. The number of carbonyl (C=O) groups is 1. The number of thiophene rings is 1. The summed E-state index contributed by atoms with van der Waals surface area (Å²) in [5, 5.41) is 4.78. The van der Waals surface area contributed by atoms with Crippen LogP contribution in [-0.4, -0.2) is 5.91 Å². The minimum atomic E-state index is -0.0776. The number of carbonyl (C=O) groups excluding carboxylic acids is 1. The molecule has 0 radical (unpaired) electrons. The topological polar surface area (TPSA) is 55.1 Å². The first-order valence-electron chi connectivity index (χ1n) is 5.85. The van der Waals surface area contributed by atoms with E-state index in [1.54, 1.807) is 6.07 Å². The summed E-state index contributed by atoms with van der Waals surface area (Å²) < 4.78 is 0. The van der Waals surface area contributed by atoms with Crippen LogP contribution in [0.15, 0.2) is 29.6 Å². The van der Waals surface area contributed by atoms with Crippen LogP contribution in [0.4, 0.5) is 11.4 Å². The number of hydrogen-bond donors (Lipinski definition) is 2. The number of hydrogen-bond acceptors (Lipinski definition) is 3. The Balaban J connectivity index is 2.17. The molecule has 1 aromatic heterocycles. The van der Waals surface area contributed by atoms with Gasteiger partial charge >= 0.3 is 0 Å². The van der Waals surface area contributed by atoms with Crippen LogP contribution in [0.3, 0.4) is 0 Å². The van der Waals surface area contributed by atoms with Crippen LogP contribution < -0.4 is 11.1 Å². The number of aryl methyl sites for hydroxylation is 2. The Bertz CT molecular complexity index is 575. The standard InChI is InChI=1S/C14H16N2OS/c1-3-10-4-5-11(8-12(10)15)16-14(17)13-9(2)6-7-18-13/h4-8H,3,15H2,1-2H3,(H,16,17). The van der Waals surface area contributed by atoms with Gasteiger partial charge in [0.25, 0.3) is 5.91 Å². The molecule has 0 fully saturated rings. The SMILES string of the molecule is CCc1ccc(NC(=O)c2sccc2C)cc1N. The lowest BCUT2D eigenvalue weighted by Gasteiger charge is -2.08. The highest BCUT2D eigenvalue weighted by Crippen LogP contribution is 2.21. The summed E-state index contributed by atoms with van der Waals surface area (Å²) in [7, 11) is 0. The Labute approximate surface area is 111 Å². The summed E-state index contributed by atoms with van der Waals surface area (Å²) in [6.45, 7) is 3.99. The first-order valence-corrected chi connectivity index (χ1v) is 6.73. The smallest absolute Gasteiger partial charge is 0.265 e. The normalized spacial score (nSPS) is 10.3. The molecule has 3 N–H and O–H groups in total. The molecule has 0 saturated heterocycles. The van der Waals surface area contributed by atoms with Crippen molar-refractivity contribution in [1.82, 2.24) is 0 Å². The minimum Gasteiger partial charge on any atom is -0.398 e. The van der Waals surface area contributed by atoms with Gasteiger partial charge in [-0.1, -0.05) is 13.0 Å². The van der Waals surface area contributed by atoms with Crippen molar-refractivity contribution in [3.63, 3.8) is 0 Å².